The van der Waals surface area contributed by atoms with Crippen LogP contribution >= 0.6 is 0 Å². The number of methoxy groups -OCH3 is 1. The van der Waals surface area contributed by atoms with Crippen molar-refractivity contribution in [3.05, 3.63) is 0 Å². The van der Waals surface area contributed by atoms with E-state index in [1.54, 1.807) is 7.11 Å². The van der Waals surface area contributed by atoms with Crippen LogP contribution in [0.15, 0.2) is 0 Å². The fourth-order valence-electron chi connectivity index (χ4n) is 1.67. The Labute approximate surface area is 68.5 Å². The van der Waals surface area contributed by atoms with Gasteiger partial charge in [-0.3, -0.25) is 0 Å². The van der Waals surface area contributed by atoms with E-state index in [2.05, 4.69) is 4.90 Å². The van der Waals surface area contributed by atoms with Crippen LogP contribution < -0.4 is 5.73 Å². The molecule has 1 saturated heterocycles. The molecule has 0 aromatic rings. The van der Waals surface area contributed by atoms with E-state index < -0.39 is 0 Å². The number of nitrogens with two attached hydrogens (primary N) is 1. The van der Waals surface area contributed by atoms with E-state index in [1.165, 1.54) is 19.5 Å². The maximum absolute atomic E-state index is 5.45. The highest BCUT2D eigenvalue weighted by Crippen LogP contribution is 2.14. The van der Waals surface area contributed by atoms with Gasteiger partial charge in [-0.25, -0.2) is 0 Å². The lowest BCUT2D eigenvalue weighted by Crippen LogP contribution is -2.27. The Morgan fingerprint density at radius 3 is 3.09 bits per heavy atom. The van der Waals surface area contributed by atoms with Gasteiger partial charge >= 0.3 is 0 Å². The molecule has 0 aromatic heterocycles. The van der Waals surface area contributed by atoms with Crippen LogP contribution in [0, 0.1) is 5.92 Å². The maximum Gasteiger partial charge on any atom is 0.0503 e. The number of likely N-dealkylation sites (tertiary alicyclic amines) is 1. The van der Waals surface area contributed by atoms with Gasteiger partial charge in [-0.2, -0.15) is 0 Å². The molecule has 1 atom stereocenters. The van der Waals surface area contributed by atoms with Crippen LogP contribution in [0.2, 0.25) is 0 Å². The third-order valence-corrected chi connectivity index (χ3v) is 2.22. The summed E-state index contributed by atoms with van der Waals surface area (Å²) in [5.74, 6) is 0.742. The second-order valence-corrected chi connectivity index (χ2v) is 3.20. The summed E-state index contributed by atoms with van der Waals surface area (Å²) in [5.41, 5.74) is 5.45. The molecule has 0 aliphatic carbocycles. The van der Waals surface area contributed by atoms with E-state index in [4.69, 9.17) is 10.5 Å². The molecule has 1 aliphatic heterocycles. The van der Waals surface area contributed by atoms with Crippen LogP contribution in [0.3, 0.4) is 0 Å². The molecule has 66 valence electrons. The third-order valence-electron chi connectivity index (χ3n) is 2.22. The van der Waals surface area contributed by atoms with Gasteiger partial charge in [0.25, 0.3) is 0 Å². The molecule has 2 N–H and O–H groups in total. The summed E-state index contributed by atoms with van der Waals surface area (Å²) in [6.07, 6.45) is 1.27. The largest absolute Gasteiger partial charge is 0.384 e. The Balaban J connectivity index is 2.12. The standard InChI is InChI=1S/C8H18N2O/c1-11-7-8-2-4-10(6-8)5-3-9/h8H,2-7,9H2,1H3/t8-/m1/s1. The molecule has 0 unspecified atom stereocenters. The minimum atomic E-state index is 0.742. The van der Waals surface area contributed by atoms with Gasteiger partial charge in [-0.1, -0.05) is 0 Å². The van der Waals surface area contributed by atoms with Crippen LogP contribution in [-0.2, 0) is 4.74 Å². The van der Waals surface area contributed by atoms with Gasteiger partial charge in [-0.15, -0.1) is 0 Å². The lowest BCUT2D eigenvalue weighted by atomic mass is 10.1. The Bertz CT molecular complexity index is 96.3. The summed E-state index contributed by atoms with van der Waals surface area (Å²) in [6.45, 7) is 5.09. The van der Waals surface area contributed by atoms with Crippen molar-refractivity contribution in [2.24, 2.45) is 11.7 Å². The van der Waals surface area contributed by atoms with Crippen molar-refractivity contribution >= 4 is 0 Å². The second-order valence-electron chi connectivity index (χ2n) is 3.20. The molecule has 0 spiro atoms. The fourth-order valence-corrected chi connectivity index (χ4v) is 1.67. The Kier molecular flexibility index (Phi) is 3.83. The molecule has 0 amide bonds. The average Bonchev–Trinajstić information content (AvgIpc) is 2.38. The van der Waals surface area contributed by atoms with Gasteiger partial charge in [0.05, 0.1) is 6.61 Å². The molecule has 0 aromatic carbocycles. The SMILES string of the molecule is COC[C@@H]1CCN(CCN)C1. The number of hydrogen-bond acceptors (Lipinski definition) is 3. The number of hydrogen-bond donors (Lipinski definition) is 1. The molecular weight excluding hydrogens is 140 g/mol. The van der Waals surface area contributed by atoms with Crippen molar-refractivity contribution in [2.75, 3.05) is 39.9 Å². The van der Waals surface area contributed by atoms with Crippen molar-refractivity contribution in [1.82, 2.24) is 4.90 Å². The third kappa shape index (κ3) is 2.77. The summed E-state index contributed by atoms with van der Waals surface area (Å²) < 4.78 is 5.09. The molecule has 0 bridgehead atoms. The first-order valence-electron chi connectivity index (χ1n) is 4.28. The van der Waals surface area contributed by atoms with E-state index in [-0.39, 0.29) is 0 Å². The molecule has 1 fully saturated rings. The van der Waals surface area contributed by atoms with Crippen molar-refractivity contribution in [2.45, 2.75) is 6.42 Å². The summed E-state index contributed by atoms with van der Waals surface area (Å²) in [5, 5.41) is 0. The molecule has 1 rings (SSSR count). The highest BCUT2D eigenvalue weighted by molar-refractivity contribution is 4.74. The quantitative estimate of drug-likeness (QED) is 0.621. The monoisotopic (exact) mass is 158 g/mol. The topological polar surface area (TPSA) is 38.5 Å². The predicted octanol–water partition coefficient (Wildman–Crippen LogP) is -0.0866. The van der Waals surface area contributed by atoms with Crippen LogP contribution in [0.5, 0.6) is 0 Å². The molecule has 11 heavy (non-hydrogen) atoms. The highest BCUT2D eigenvalue weighted by Gasteiger charge is 2.20. The molecule has 3 heteroatoms. The molecule has 1 aliphatic rings. The Morgan fingerprint density at radius 2 is 2.45 bits per heavy atom. The number of ether oxygens (including phenoxy) is 1. The lowest BCUT2D eigenvalue weighted by molar-refractivity contribution is 0.153. The zero-order chi connectivity index (χ0) is 8.10. The van der Waals surface area contributed by atoms with Crippen molar-refractivity contribution in [1.29, 1.82) is 0 Å². The smallest absolute Gasteiger partial charge is 0.0503 e. The van der Waals surface area contributed by atoms with E-state index in [0.29, 0.717) is 0 Å². The average molecular weight is 158 g/mol. The summed E-state index contributed by atoms with van der Waals surface area (Å²) in [4.78, 5) is 2.41. The lowest BCUT2D eigenvalue weighted by Gasteiger charge is -2.13. The van der Waals surface area contributed by atoms with Gasteiger partial charge < -0.3 is 15.4 Å². The predicted molar refractivity (Wildman–Crippen MR) is 45.5 cm³/mol. The fraction of sp³-hybridized carbons (Fsp3) is 1.00. The van der Waals surface area contributed by atoms with Crippen LogP contribution in [0.4, 0.5) is 0 Å². The Hall–Kier alpha value is -0.120. The van der Waals surface area contributed by atoms with E-state index in [1.807, 2.05) is 0 Å². The minimum Gasteiger partial charge on any atom is -0.384 e. The minimum absolute atomic E-state index is 0.742. The summed E-state index contributed by atoms with van der Waals surface area (Å²) in [7, 11) is 1.77. The first-order chi connectivity index (χ1) is 5.36. The number of nitrogens with zero attached hydrogens (tertiary/aromatic N) is 1. The van der Waals surface area contributed by atoms with Crippen LogP contribution in [-0.4, -0.2) is 44.8 Å². The van der Waals surface area contributed by atoms with E-state index >= 15 is 0 Å². The molecular formula is C8H18N2O. The Morgan fingerprint density at radius 1 is 1.64 bits per heavy atom. The van der Waals surface area contributed by atoms with Gasteiger partial charge in [0.15, 0.2) is 0 Å². The van der Waals surface area contributed by atoms with E-state index in [0.717, 1.165) is 25.6 Å². The number of rotatable bonds is 4. The molecule has 0 saturated carbocycles. The van der Waals surface area contributed by atoms with Crippen molar-refractivity contribution in [3.63, 3.8) is 0 Å². The molecule has 3 nitrogen and oxygen atoms in total. The first kappa shape index (κ1) is 8.97. The van der Waals surface area contributed by atoms with Crippen LogP contribution in [0.1, 0.15) is 6.42 Å². The molecule has 1 heterocycles. The van der Waals surface area contributed by atoms with Crippen molar-refractivity contribution in [3.8, 4) is 0 Å². The summed E-state index contributed by atoms with van der Waals surface area (Å²) in [6, 6.07) is 0. The normalized spacial score (nSPS) is 26.2. The van der Waals surface area contributed by atoms with Crippen molar-refractivity contribution < 1.29 is 4.74 Å². The molecule has 0 radical (unpaired) electrons. The van der Waals surface area contributed by atoms with Crippen LogP contribution in [0.25, 0.3) is 0 Å². The highest BCUT2D eigenvalue weighted by atomic mass is 16.5. The van der Waals surface area contributed by atoms with Gasteiger partial charge in [-0.05, 0) is 18.9 Å². The van der Waals surface area contributed by atoms with E-state index in [9.17, 15) is 0 Å². The van der Waals surface area contributed by atoms with Gasteiger partial charge in [0, 0.05) is 26.7 Å². The van der Waals surface area contributed by atoms with Gasteiger partial charge in [0.1, 0.15) is 0 Å². The first-order valence-corrected chi connectivity index (χ1v) is 4.28. The summed E-state index contributed by atoms with van der Waals surface area (Å²) >= 11 is 0. The maximum atomic E-state index is 5.45. The zero-order valence-corrected chi connectivity index (χ0v) is 7.25. The zero-order valence-electron chi connectivity index (χ0n) is 7.25. The van der Waals surface area contributed by atoms with Gasteiger partial charge in [0.2, 0.25) is 0 Å². The second kappa shape index (κ2) is 4.70.